The van der Waals surface area contributed by atoms with Crippen LogP contribution in [0.25, 0.3) is 16.8 Å². The lowest BCUT2D eigenvalue weighted by atomic mass is 9.85. The van der Waals surface area contributed by atoms with Crippen LogP contribution in [0.3, 0.4) is 0 Å². The molecule has 0 atom stereocenters. The summed E-state index contributed by atoms with van der Waals surface area (Å²) in [4.78, 5) is 13.0. The second-order valence-corrected chi connectivity index (χ2v) is 11.2. The van der Waals surface area contributed by atoms with E-state index in [9.17, 15) is 9.90 Å². The highest BCUT2D eigenvalue weighted by Crippen LogP contribution is 2.52. The van der Waals surface area contributed by atoms with Gasteiger partial charge in [0.1, 0.15) is 17.2 Å². The topological polar surface area (TPSA) is 65.0 Å². The Morgan fingerprint density at radius 3 is 2.62 bits per heavy atom. The molecule has 1 aliphatic carbocycles. The van der Waals surface area contributed by atoms with Crippen molar-refractivity contribution in [1.82, 2.24) is 0 Å². The molecule has 1 N–H and O–H groups in total. The predicted octanol–water partition coefficient (Wildman–Crippen LogP) is 4.74. The number of aryl methyl sites for hydroxylation is 1. The molecule has 0 unspecified atom stereocenters. The van der Waals surface area contributed by atoms with Crippen molar-refractivity contribution in [2.24, 2.45) is 0 Å². The number of hydrogen-bond acceptors (Lipinski definition) is 5. The zero-order valence-corrected chi connectivity index (χ0v) is 18.6. The van der Waals surface area contributed by atoms with E-state index in [4.69, 9.17) is 13.6 Å². The number of fused-ring (bicyclic) bond motifs is 2. The van der Waals surface area contributed by atoms with Crippen molar-refractivity contribution in [3.05, 3.63) is 34.4 Å². The summed E-state index contributed by atoms with van der Waals surface area (Å²) in [7, 11) is -0.0948. The molecular formula is C23H27O5Si. The van der Waals surface area contributed by atoms with Crippen molar-refractivity contribution in [2.45, 2.75) is 52.0 Å². The molecule has 0 bridgehead atoms. The third kappa shape index (κ3) is 3.15. The van der Waals surface area contributed by atoms with E-state index in [2.05, 4.69) is 26.8 Å². The minimum Gasteiger partial charge on any atom is -0.508 e. The largest absolute Gasteiger partial charge is 0.538 e. The molecule has 6 heteroatoms. The smallest absolute Gasteiger partial charge is 0.508 e. The molecule has 0 saturated heterocycles. The highest BCUT2D eigenvalue weighted by Gasteiger charge is 2.44. The van der Waals surface area contributed by atoms with Crippen LogP contribution in [0, 0.1) is 6.92 Å². The van der Waals surface area contributed by atoms with Crippen molar-refractivity contribution in [2.75, 3.05) is 13.7 Å². The molecule has 0 spiro atoms. The third-order valence-electron chi connectivity index (χ3n) is 5.51. The fourth-order valence-electron chi connectivity index (χ4n) is 4.16. The fourth-order valence-corrected chi connectivity index (χ4v) is 5.60. The lowest BCUT2D eigenvalue weighted by Crippen LogP contribution is -2.42. The Kier molecular flexibility index (Phi) is 4.95. The third-order valence-corrected chi connectivity index (χ3v) is 7.51. The van der Waals surface area contributed by atoms with Crippen LogP contribution in [-0.2, 0) is 6.42 Å². The maximum absolute atomic E-state index is 13.0. The second-order valence-electron chi connectivity index (χ2n) is 8.68. The van der Waals surface area contributed by atoms with Gasteiger partial charge in [0.15, 0.2) is 5.78 Å². The van der Waals surface area contributed by atoms with Crippen molar-refractivity contribution >= 4 is 31.9 Å². The van der Waals surface area contributed by atoms with E-state index < -0.39 is 9.28 Å². The summed E-state index contributed by atoms with van der Waals surface area (Å²) in [5, 5.41) is 10.8. The number of benzene rings is 2. The average Bonchev–Trinajstić information content (AvgIpc) is 2.66. The summed E-state index contributed by atoms with van der Waals surface area (Å²) in [5.41, 5.74) is 3.55. The van der Waals surface area contributed by atoms with Gasteiger partial charge >= 0.3 is 9.28 Å². The van der Waals surface area contributed by atoms with E-state index in [1.165, 1.54) is 0 Å². The molecule has 153 valence electrons. The molecule has 2 aromatic carbocycles. The normalized spacial score (nSPS) is 16.7. The van der Waals surface area contributed by atoms with E-state index >= 15 is 0 Å². The maximum Gasteiger partial charge on any atom is 0.538 e. The van der Waals surface area contributed by atoms with Gasteiger partial charge in [-0.15, -0.1) is 0 Å². The zero-order valence-electron chi connectivity index (χ0n) is 17.6. The summed E-state index contributed by atoms with van der Waals surface area (Å²) in [6.45, 7) is 8.27. The Hall–Kier alpha value is -2.31. The molecule has 1 heterocycles. The minimum atomic E-state index is -1.75. The van der Waals surface area contributed by atoms with Gasteiger partial charge in [-0.25, -0.2) is 0 Å². The zero-order chi connectivity index (χ0) is 20.9. The Morgan fingerprint density at radius 2 is 1.97 bits per heavy atom. The number of rotatable bonds is 3. The molecule has 2 aromatic rings. The van der Waals surface area contributed by atoms with Gasteiger partial charge in [0.25, 0.3) is 0 Å². The molecule has 2 aliphatic rings. The van der Waals surface area contributed by atoms with Crippen LogP contribution in [0.2, 0.25) is 5.04 Å². The van der Waals surface area contributed by atoms with Gasteiger partial charge < -0.3 is 18.7 Å². The van der Waals surface area contributed by atoms with Gasteiger partial charge in [-0.1, -0.05) is 32.9 Å². The minimum absolute atomic E-state index is 0.0522. The van der Waals surface area contributed by atoms with E-state index in [1.807, 2.05) is 13.0 Å². The Morgan fingerprint density at radius 1 is 1.24 bits per heavy atom. The second kappa shape index (κ2) is 7.18. The number of aliphatic hydroxyl groups is 1. The molecule has 0 aromatic heterocycles. The average molecular weight is 412 g/mol. The number of aliphatic hydroxyl groups excluding tert-OH is 1. The SMILES string of the molecule is COc1c2c(c3c4c(c(/C=C/CO)c(C)cc14)O[Si](C(C)(C)C)O3)C(=O)CCC2. The molecule has 1 radical (unpaired) electrons. The van der Waals surface area contributed by atoms with Crippen LogP contribution in [0.4, 0.5) is 0 Å². The quantitative estimate of drug-likeness (QED) is 0.739. The molecule has 0 fully saturated rings. The van der Waals surface area contributed by atoms with Crippen molar-refractivity contribution in [1.29, 1.82) is 0 Å². The molecular weight excluding hydrogens is 384 g/mol. The molecule has 0 saturated carbocycles. The molecule has 4 rings (SSSR count). The summed E-state index contributed by atoms with van der Waals surface area (Å²) in [6.07, 6.45) is 5.73. The summed E-state index contributed by atoms with van der Waals surface area (Å²) in [5.74, 6) is 2.24. The Labute approximate surface area is 173 Å². The maximum atomic E-state index is 13.0. The summed E-state index contributed by atoms with van der Waals surface area (Å²) in [6, 6.07) is 2.07. The van der Waals surface area contributed by atoms with Crippen LogP contribution in [-0.4, -0.2) is 33.9 Å². The molecule has 0 amide bonds. The Bertz CT molecular complexity index is 1030. The van der Waals surface area contributed by atoms with E-state index in [0.717, 1.165) is 51.8 Å². The lowest BCUT2D eigenvalue weighted by molar-refractivity contribution is 0.0969. The van der Waals surface area contributed by atoms with E-state index in [-0.39, 0.29) is 17.4 Å². The Balaban J connectivity index is 2.15. The first-order chi connectivity index (χ1) is 13.8. The van der Waals surface area contributed by atoms with Gasteiger partial charge in [0.2, 0.25) is 0 Å². The standard InChI is InChI=1S/C23H27O5Si/c1-13-12-16-19-21(14(13)9-7-11-24)27-29(23(2,3)4)28-22(19)18-15(20(16)26-5)8-6-10-17(18)25/h7,9,12,24H,6,8,10-11H2,1-5H3/b9-7+. The van der Waals surface area contributed by atoms with Gasteiger partial charge in [0, 0.05) is 28.0 Å². The van der Waals surface area contributed by atoms with Gasteiger partial charge in [-0.05, 0) is 31.4 Å². The first-order valence-electron chi connectivity index (χ1n) is 10.0. The van der Waals surface area contributed by atoms with Crippen molar-refractivity contribution < 1.29 is 23.5 Å². The number of carbonyl (C=O) groups excluding carboxylic acids is 1. The monoisotopic (exact) mass is 411 g/mol. The first kappa shape index (κ1) is 20.0. The van der Waals surface area contributed by atoms with Crippen LogP contribution in [0.1, 0.15) is 60.7 Å². The highest BCUT2D eigenvalue weighted by molar-refractivity contribution is 6.51. The molecule has 1 aliphatic heterocycles. The number of Topliss-reactive ketones (excluding diaryl/α,β-unsaturated/α-hetero) is 1. The molecule has 29 heavy (non-hydrogen) atoms. The first-order valence-corrected chi connectivity index (χ1v) is 11.3. The predicted molar refractivity (Wildman–Crippen MR) is 115 cm³/mol. The van der Waals surface area contributed by atoms with Gasteiger partial charge in [-0.2, -0.15) is 0 Å². The van der Waals surface area contributed by atoms with Crippen LogP contribution >= 0.6 is 0 Å². The molecule has 5 nitrogen and oxygen atoms in total. The summed E-state index contributed by atoms with van der Waals surface area (Å²) >= 11 is 0. The number of ketones is 1. The van der Waals surface area contributed by atoms with Gasteiger partial charge in [0.05, 0.1) is 24.7 Å². The number of hydrogen-bond donors (Lipinski definition) is 1. The number of methoxy groups -OCH3 is 1. The highest BCUT2D eigenvalue weighted by atomic mass is 28.3. The van der Waals surface area contributed by atoms with Crippen molar-refractivity contribution in [3.63, 3.8) is 0 Å². The number of ether oxygens (including phenoxy) is 1. The van der Waals surface area contributed by atoms with Crippen LogP contribution in [0.15, 0.2) is 12.1 Å². The summed E-state index contributed by atoms with van der Waals surface area (Å²) < 4.78 is 18.8. The van der Waals surface area contributed by atoms with Crippen LogP contribution in [0.5, 0.6) is 17.2 Å². The number of carbonyl (C=O) groups is 1. The van der Waals surface area contributed by atoms with Gasteiger partial charge in [-0.3, -0.25) is 4.79 Å². The lowest BCUT2D eigenvalue weighted by Gasteiger charge is -2.35. The fraction of sp³-hybridized carbons (Fsp3) is 0.435. The van der Waals surface area contributed by atoms with Crippen molar-refractivity contribution in [3.8, 4) is 17.2 Å². The van der Waals surface area contributed by atoms with E-state index in [1.54, 1.807) is 13.2 Å². The van der Waals surface area contributed by atoms with E-state index in [0.29, 0.717) is 17.7 Å². The van der Waals surface area contributed by atoms with Crippen LogP contribution < -0.4 is 13.6 Å².